The lowest BCUT2D eigenvalue weighted by Crippen LogP contribution is -2.27. The van der Waals surface area contributed by atoms with Crippen LogP contribution in [0, 0.1) is 6.92 Å². The summed E-state index contributed by atoms with van der Waals surface area (Å²) in [4.78, 5) is 24.1. The second-order valence-electron chi connectivity index (χ2n) is 4.93. The molecular weight excluding hydrogens is 298 g/mol. The Labute approximate surface area is 133 Å². The van der Waals surface area contributed by atoms with Gasteiger partial charge in [-0.2, -0.15) is 5.10 Å². The Morgan fingerprint density at radius 3 is 2.74 bits per heavy atom. The molecule has 122 valence electrons. The molecule has 1 amide bonds. The monoisotopic (exact) mass is 317 g/mol. The second-order valence-corrected chi connectivity index (χ2v) is 4.93. The number of amides is 1. The molecule has 23 heavy (non-hydrogen) atoms. The number of anilines is 1. The summed E-state index contributed by atoms with van der Waals surface area (Å²) in [7, 11) is 3.06. The van der Waals surface area contributed by atoms with E-state index in [1.165, 1.54) is 31.0 Å². The average Bonchev–Trinajstić information content (AvgIpc) is 2.54. The van der Waals surface area contributed by atoms with E-state index in [1.807, 2.05) is 13.0 Å². The zero-order chi connectivity index (χ0) is 16.8. The summed E-state index contributed by atoms with van der Waals surface area (Å²) in [5.74, 6) is 0.136. The van der Waals surface area contributed by atoms with Crippen LogP contribution >= 0.6 is 0 Å². The van der Waals surface area contributed by atoms with Gasteiger partial charge in [-0.25, -0.2) is 4.68 Å². The molecule has 2 rings (SSSR count). The van der Waals surface area contributed by atoms with E-state index < -0.39 is 5.91 Å². The number of aryl methyl sites for hydroxylation is 1. The van der Waals surface area contributed by atoms with E-state index in [1.54, 1.807) is 12.1 Å². The van der Waals surface area contributed by atoms with Gasteiger partial charge in [0.15, 0.2) is 0 Å². The Morgan fingerprint density at radius 1 is 1.26 bits per heavy atom. The number of hydrogen-bond acceptors (Lipinski definition) is 5. The van der Waals surface area contributed by atoms with Crippen LogP contribution in [0.15, 0.2) is 35.1 Å². The maximum absolute atomic E-state index is 12.4. The van der Waals surface area contributed by atoms with Gasteiger partial charge in [-0.15, -0.1) is 0 Å². The summed E-state index contributed by atoms with van der Waals surface area (Å²) in [5.41, 5.74) is 1.39. The summed E-state index contributed by atoms with van der Waals surface area (Å²) in [6.07, 6.45) is 0. The van der Waals surface area contributed by atoms with Crippen molar-refractivity contribution in [2.24, 2.45) is 0 Å². The van der Waals surface area contributed by atoms with Crippen molar-refractivity contribution < 1.29 is 14.3 Å². The highest BCUT2D eigenvalue weighted by Crippen LogP contribution is 2.25. The SMILES string of the molecule is COCCn1nc(C(=O)Nc2cc(C)ccc2OC)ccc1=O. The van der Waals surface area contributed by atoms with Crippen molar-refractivity contribution in [2.75, 3.05) is 26.1 Å². The highest BCUT2D eigenvalue weighted by molar-refractivity contribution is 6.03. The second kappa shape index (κ2) is 7.55. The maximum atomic E-state index is 12.4. The fourth-order valence-electron chi connectivity index (χ4n) is 2.01. The Hall–Kier alpha value is -2.67. The third-order valence-corrected chi connectivity index (χ3v) is 3.21. The lowest BCUT2D eigenvalue weighted by molar-refractivity contribution is 0.101. The molecule has 0 saturated carbocycles. The van der Waals surface area contributed by atoms with Gasteiger partial charge in [0.25, 0.3) is 11.5 Å². The number of hydrogen-bond donors (Lipinski definition) is 1. The Balaban J connectivity index is 2.24. The quantitative estimate of drug-likeness (QED) is 0.872. The van der Waals surface area contributed by atoms with Gasteiger partial charge < -0.3 is 14.8 Å². The summed E-state index contributed by atoms with van der Waals surface area (Å²) < 4.78 is 11.3. The van der Waals surface area contributed by atoms with Crippen LogP contribution in [0.1, 0.15) is 16.1 Å². The number of benzene rings is 1. The summed E-state index contributed by atoms with van der Waals surface area (Å²) in [6.45, 7) is 2.53. The molecule has 1 heterocycles. The first-order valence-electron chi connectivity index (χ1n) is 7.08. The topological polar surface area (TPSA) is 82.5 Å². The van der Waals surface area contributed by atoms with E-state index in [9.17, 15) is 9.59 Å². The Kier molecular flexibility index (Phi) is 5.48. The van der Waals surface area contributed by atoms with Crippen molar-refractivity contribution in [3.8, 4) is 5.75 Å². The molecule has 1 aromatic carbocycles. The van der Waals surface area contributed by atoms with Crippen LogP contribution in [0.5, 0.6) is 5.75 Å². The summed E-state index contributed by atoms with van der Waals surface area (Å²) in [5, 5.41) is 6.80. The molecule has 0 aliphatic carbocycles. The van der Waals surface area contributed by atoms with Crippen molar-refractivity contribution in [1.82, 2.24) is 9.78 Å². The van der Waals surface area contributed by atoms with Gasteiger partial charge in [-0.1, -0.05) is 6.07 Å². The number of carbonyl (C=O) groups excluding carboxylic acids is 1. The van der Waals surface area contributed by atoms with E-state index >= 15 is 0 Å². The molecular formula is C16H19N3O4. The Morgan fingerprint density at radius 2 is 2.04 bits per heavy atom. The minimum atomic E-state index is -0.417. The molecule has 0 radical (unpaired) electrons. The van der Waals surface area contributed by atoms with Crippen LogP contribution in [0.4, 0.5) is 5.69 Å². The number of carbonyl (C=O) groups is 1. The lowest BCUT2D eigenvalue weighted by atomic mass is 10.2. The highest BCUT2D eigenvalue weighted by Gasteiger charge is 2.13. The molecule has 0 spiro atoms. The molecule has 7 heteroatoms. The van der Waals surface area contributed by atoms with Crippen LogP contribution in [-0.2, 0) is 11.3 Å². The first-order valence-corrected chi connectivity index (χ1v) is 7.08. The van der Waals surface area contributed by atoms with Crippen LogP contribution in [0.25, 0.3) is 0 Å². The van der Waals surface area contributed by atoms with Gasteiger partial charge in [0.2, 0.25) is 0 Å². The van der Waals surface area contributed by atoms with Crippen LogP contribution in [-0.4, -0.2) is 36.5 Å². The van der Waals surface area contributed by atoms with Crippen LogP contribution in [0.3, 0.4) is 0 Å². The number of aromatic nitrogens is 2. The number of rotatable bonds is 6. The number of ether oxygens (including phenoxy) is 2. The third-order valence-electron chi connectivity index (χ3n) is 3.21. The molecule has 0 bridgehead atoms. The molecule has 0 aliphatic heterocycles. The maximum Gasteiger partial charge on any atom is 0.276 e. The highest BCUT2D eigenvalue weighted by atomic mass is 16.5. The van der Waals surface area contributed by atoms with Crippen molar-refractivity contribution in [1.29, 1.82) is 0 Å². The van der Waals surface area contributed by atoms with Crippen molar-refractivity contribution in [3.63, 3.8) is 0 Å². The summed E-state index contributed by atoms with van der Waals surface area (Å²) in [6, 6.07) is 8.17. The number of methoxy groups -OCH3 is 2. The average molecular weight is 317 g/mol. The largest absolute Gasteiger partial charge is 0.495 e. The zero-order valence-electron chi connectivity index (χ0n) is 13.3. The molecule has 0 fully saturated rings. The minimum absolute atomic E-state index is 0.143. The van der Waals surface area contributed by atoms with Crippen molar-refractivity contribution in [2.45, 2.75) is 13.5 Å². The van der Waals surface area contributed by atoms with Crippen LogP contribution < -0.4 is 15.6 Å². The van der Waals surface area contributed by atoms with Crippen molar-refractivity contribution >= 4 is 11.6 Å². The van der Waals surface area contributed by atoms with Gasteiger partial charge >= 0.3 is 0 Å². The standard InChI is InChI=1S/C16H19N3O4/c1-11-4-6-14(23-3)13(10-11)17-16(21)12-5-7-15(20)19(18-12)8-9-22-2/h4-7,10H,8-9H2,1-3H3,(H,17,21). The van der Waals surface area contributed by atoms with E-state index in [-0.39, 0.29) is 17.8 Å². The molecule has 0 saturated heterocycles. The van der Waals surface area contributed by atoms with E-state index in [0.717, 1.165) is 5.56 Å². The fraction of sp³-hybridized carbons (Fsp3) is 0.312. The van der Waals surface area contributed by atoms with Gasteiger partial charge in [-0.05, 0) is 30.7 Å². The predicted molar refractivity (Wildman–Crippen MR) is 86.1 cm³/mol. The van der Waals surface area contributed by atoms with E-state index in [4.69, 9.17) is 9.47 Å². The number of nitrogens with zero attached hydrogens (tertiary/aromatic N) is 2. The van der Waals surface area contributed by atoms with Gasteiger partial charge in [0.05, 0.1) is 25.9 Å². The predicted octanol–water partition coefficient (Wildman–Crippen LogP) is 1.46. The smallest absolute Gasteiger partial charge is 0.276 e. The van der Waals surface area contributed by atoms with E-state index in [2.05, 4.69) is 10.4 Å². The number of nitrogens with one attached hydrogen (secondary N) is 1. The normalized spacial score (nSPS) is 10.4. The summed E-state index contributed by atoms with van der Waals surface area (Å²) >= 11 is 0. The molecule has 7 nitrogen and oxygen atoms in total. The third kappa shape index (κ3) is 4.17. The van der Waals surface area contributed by atoms with Gasteiger partial charge in [0.1, 0.15) is 11.4 Å². The first-order chi connectivity index (χ1) is 11.0. The van der Waals surface area contributed by atoms with Gasteiger partial charge in [-0.3, -0.25) is 9.59 Å². The van der Waals surface area contributed by atoms with Crippen molar-refractivity contribution in [3.05, 3.63) is 51.9 Å². The zero-order valence-corrected chi connectivity index (χ0v) is 13.3. The minimum Gasteiger partial charge on any atom is -0.495 e. The molecule has 0 atom stereocenters. The fourth-order valence-corrected chi connectivity index (χ4v) is 2.01. The molecule has 2 aromatic rings. The molecule has 0 aliphatic rings. The molecule has 0 unspecified atom stereocenters. The first kappa shape index (κ1) is 16.7. The molecule has 1 aromatic heterocycles. The molecule has 1 N–H and O–H groups in total. The van der Waals surface area contributed by atoms with E-state index in [0.29, 0.717) is 18.0 Å². The lowest BCUT2D eigenvalue weighted by Gasteiger charge is -2.11. The Bertz CT molecular complexity index is 755. The van der Waals surface area contributed by atoms with Crippen LogP contribution in [0.2, 0.25) is 0 Å². The van der Waals surface area contributed by atoms with Gasteiger partial charge in [0, 0.05) is 13.2 Å².